The largest absolute Gasteiger partial charge is 0.467 e. The van der Waals surface area contributed by atoms with Gasteiger partial charge in [-0.2, -0.15) is 0 Å². The van der Waals surface area contributed by atoms with Crippen LogP contribution in [0.25, 0.3) is 0 Å². The van der Waals surface area contributed by atoms with Crippen LogP contribution in [0.3, 0.4) is 0 Å². The van der Waals surface area contributed by atoms with Crippen molar-refractivity contribution in [2.75, 3.05) is 35.0 Å². The molecule has 0 aliphatic carbocycles. The lowest BCUT2D eigenvalue weighted by Gasteiger charge is -2.23. The second-order valence-electron chi connectivity index (χ2n) is 23.3. The molecule has 21 nitrogen and oxygen atoms in total. The Morgan fingerprint density at radius 3 is 1.07 bits per heavy atom. The summed E-state index contributed by atoms with van der Waals surface area (Å²) in [6.45, 7) is 11.7. The molecule has 0 aliphatic rings. The molecule has 0 aliphatic heterocycles. The van der Waals surface area contributed by atoms with Crippen LogP contribution in [0.5, 0.6) is 0 Å². The van der Waals surface area contributed by atoms with Crippen molar-refractivity contribution in [1.29, 1.82) is 0 Å². The van der Waals surface area contributed by atoms with E-state index in [2.05, 4.69) is 40.9 Å². The van der Waals surface area contributed by atoms with E-state index in [0.29, 0.717) is 49.0 Å². The molecule has 90 heavy (non-hydrogen) atoms. The third kappa shape index (κ3) is 21.4. The van der Waals surface area contributed by atoms with E-state index in [9.17, 15) is 42.7 Å². The molecule has 0 aromatic heterocycles. The van der Waals surface area contributed by atoms with Gasteiger partial charge in [-0.15, -0.1) is 0 Å². The van der Waals surface area contributed by atoms with Crippen LogP contribution in [-0.2, 0) is 105 Å². The SMILES string of the molecule is COC(=O)[C@H](Cc1ccc(P(=O)(OC)c2ccc(C[C@H](NC(=O)OCc3ccccc3)C(=O)N[C@@H](Cc3ccc(P(=O)(OC)c4ccc(C[C@H](NC(=O)OCc5ccccc5)C(=O)OCC[Si](C)(C)C)cc4)cc3)C(=O)OC)cc2)cc1)NC(=O)OC(C)(C)C. The number of rotatable bonds is 29. The van der Waals surface area contributed by atoms with Crippen LogP contribution < -0.4 is 42.5 Å². The molecule has 24 heteroatoms. The first-order chi connectivity index (χ1) is 42.7. The molecule has 4 amide bonds. The zero-order valence-corrected chi connectivity index (χ0v) is 55.1. The Morgan fingerprint density at radius 2 is 0.733 bits per heavy atom. The van der Waals surface area contributed by atoms with Crippen molar-refractivity contribution in [3.8, 4) is 0 Å². The predicted molar refractivity (Wildman–Crippen MR) is 344 cm³/mol. The summed E-state index contributed by atoms with van der Waals surface area (Å²) in [5.74, 6) is -2.87. The first-order valence-electron chi connectivity index (χ1n) is 29.0. The molecule has 0 spiro atoms. The molecule has 6 rings (SSSR count). The second kappa shape index (κ2) is 32.9. The molecule has 0 saturated heterocycles. The fourth-order valence-corrected chi connectivity index (χ4v) is 13.5. The molecule has 0 radical (unpaired) electrons. The normalized spacial score (nSPS) is 14.1. The summed E-state index contributed by atoms with van der Waals surface area (Å²) in [7, 11) is -4.03. The topological polar surface area (TPSA) is 276 Å². The number of hydrogen-bond donors (Lipinski definition) is 4. The van der Waals surface area contributed by atoms with Crippen LogP contribution in [0.4, 0.5) is 14.4 Å². The van der Waals surface area contributed by atoms with Gasteiger partial charge in [0, 0.05) is 69.2 Å². The van der Waals surface area contributed by atoms with Gasteiger partial charge in [0.2, 0.25) is 5.91 Å². The Morgan fingerprint density at radius 1 is 0.411 bits per heavy atom. The van der Waals surface area contributed by atoms with Crippen molar-refractivity contribution in [3.05, 3.63) is 191 Å². The Kier molecular flexibility index (Phi) is 25.8. The Bertz CT molecular complexity index is 3470. The number of ether oxygens (including phenoxy) is 6. The fourth-order valence-electron chi connectivity index (χ4n) is 9.14. The minimum absolute atomic E-state index is 0.00205. The minimum atomic E-state index is -3.75. The molecule has 6 atom stereocenters. The van der Waals surface area contributed by atoms with Crippen LogP contribution in [0, 0.1) is 0 Å². The first-order valence-corrected chi connectivity index (χ1v) is 36.0. The maximum Gasteiger partial charge on any atom is 0.408 e. The van der Waals surface area contributed by atoms with Crippen LogP contribution >= 0.6 is 14.7 Å². The average molecular weight is 1290 g/mol. The molecule has 6 aromatic carbocycles. The molecular weight excluding hydrogens is 1210 g/mol. The van der Waals surface area contributed by atoms with Crippen molar-refractivity contribution >= 4 is 86.1 Å². The van der Waals surface area contributed by atoms with Crippen molar-refractivity contribution < 1.29 is 80.2 Å². The van der Waals surface area contributed by atoms with Crippen molar-refractivity contribution in [3.63, 3.8) is 0 Å². The zero-order valence-electron chi connectivity index (χ0n) is 52.3. The standard InChI is InChI=1S/C66H80N4O17P2Si/c1-66(2,3)87-65(77)70-57(61(73)81-5)41-47-25-33-53(34-26-47)88(78,82-6)51-29-21-45(22-30-51)39-55(68-63(75)85-43-49-17-13-11-14-18-49)59(71)67-56(60(72)80-4)40-46-23-31-52(32-24-46)89(79,83-7)54-35-27-48(28-36-54)42-58(62(74)84-37-38-90(8,9)10)69-64(76)86-44-50-19-15-12-16-20-50/h11-36,55-58H,37-44H2,1-10H3,(H,67,71)(H,68,75)(H,69,76)(H,70,77)/t55-,56-,57-,58-,88?,89?/m0/s1. The van der Waals surface area contributed by atoms with E-state index < -0.39 is 94.7 Å². The number of carbonyl (C=O) groups excluding carboxylic acids is 7. The highest BCUT2D eigenvalue weighted by Gasteiger charge is 2.33. The van der Waals surface area contributed by atoms with Gasteiger partial charge < -0.3 is 58.7 Å². The summed E-state index contributed by atoms with van der Waals surface area (Å²) in [5, 5.41) is 11.8. The molecular formula is C66H80N4O17P2Si. The monoisotopic (exact) mass is 1290 g/mol. The third-order valence-electron chi connectivity index (χ3n) is 14.1. The van der Waals surface area contributed by atoms with Crippen molar-refractivity contribution in [2.24, 2.45) is 0 Å². The number of alkyl carbamates (subject to hydrolysis) is 3. The summed E-state index contributed by atoms with van der Waals surface area (Å²) < 4.78 is 72.6. The van der Waals surface area contributed by atoms with Gasteiger partial charge in [0.1, 0.15) is 43.0 Å². The Hall–Kier alpha value is -8.39. The molecule has 2 unspecified atom stereocenters. The van der Waals surface area contributed by atoms with Gasteiger partial charge in [-0.1, -0.05) is 129 Å². The Balaban J connectivity index is 1.16. The summed E-state index contributed by atoms with van der Waals surface area (Å²) in [6.07, 6.45) is -2.65. The highest BCUT2D eigenvalue weighted by Crippen LogP contribution is 2.45. The third-order valence-corrected chi connectivity index (χ3v) is 20.7. The van der Waals surface area contributed by atoms with E-state index >= 15 is 0 Å². The number of carbonyl (C=O) groups is 7. The zero-order chi connectivity index (χ0) is 65.7. The van der Waals surface area contributed by atoms with Gasteiger partial charge in [-0.25, -0.2) is 28.8 Å². The molecule has 0 bridgehead atoms. The quantitative estimate of drug-likeness (QED) is 0.0148. The number of esters is 3. The molecule has 0 fully saturated rings. The van der Waals surface area contributed by atoms with E-state index in [1.54, 1.807) is 142 Å². The maximum atomic E-state index is 14.7. The lowest BCUT2D eigenvalue weighted by atomic mass is 10.0. The van der Waals surface area contributed by atoms with E-state index in [0.717, 1.165) is 11.6 Å². The van der Waals surface area contributed by atoms with E-state index in [4.69, 9.17) is 37.5 Å². The number of benzene rings is 6. The van der Waals surface area contributed by atoms with E-state index in [1.165, 1.54) is 28.4 Å². The summed E-state index contributed by atoms with van der Waals surface area (Å²) in [6, 6.07) is 39.9. The number of nitrogens with one attached hydrogen (secondary N) is 4. The number of amides is 4. The lowest BCUT2D eigenvalue weighted by molar-refractivity contribution is -0.146. The minimum Gasteiger partial charge on any atom is -0.467 e. The van der Waals surface area contributed by atoms with Crippen LogP contribution in [0.15, 0.2) is 158 Å². The molecule has 4 N–H and O–H groups in total. The van der Waals surface area contributed by atoms with Gasteiger partial charge in [0.15, 0.2) is 0 Å². The lowest BCUT2D eigenvalue weighted by Crippen LogP contribution is -2.53. The summed E-state index contributed by atoms with van der Waals surface area (Å²) in [4.78, 5) is 92.8. The number of methoxy groups -OCH3 is 2. The molecule has 0 heterocycles. The summed E-state index contributed by atoms with van der Waals surface area (Å²) >= 11 is 0. The van der Waals surface area contributed by atoms with Gasteiger partial charge in [0.05, 0.1) is 20.8 Å². The van der Waals surface area contributed by atoms with Crippen LogP contribution in [-0.4, -0.2) is 115 Å². The summed E-state index contributed by atoms with van der Waals surface area (Å²) in [5.41, 5.74) is 2.94. The van der Waals surface area contributed by atoms with E-state index in [-0.39, 0.29) is 45.5 Å². The first kappa shape index (κ1) is 70.7. The van der Waals surface area contributed by atoms with Crippen molar-refractivity contribution in [2.45, 2.75) is 115 Å². The smallest absolute Gasteiger partial charge is 0.408 e. The van der Waals surface area contributed by atoms with Gasteiger partial charge in [0.25, 0.3) is 14.7 Å². The number of hydrogen-bond acceptors (Lipinski definition) is 17. The molecule has 6 aromatic rings. The van der Waals surface area contributed by atoms with Gasteiger partial charge in [-0.3, -0.25) is 13.9 Å². The molecule has 480 valence electrons. The average Bonchev–Trinajstić information content (AvgIpc) is 0.844. The van der Waals surface area contributed by atoms with Crippen LogP contribution in [0.2, 0.25) is 25.7 Å². The highest BCUT2D eigenvalue weighted by atomic mass is 31.2. The highest BCUT2D eigenvalue weighted by molar-refractivity contribution is 7.74. The molecule has 0 saturated carbocycles. The van der Waals surface area contributed by atoms with Gasteiger partial charge in [-0.05, 0) is 109 Å². The maximum absolute atomic E-state index is 14.7. The predicted octanol–water partition coefficient (Wildman–Crippen LogP) is 8.50. The Labute approximate surface area is 526 Å². The van der Waals surface area contributed by atoms with E-state index in [1.807, 2.05) is 36.4 Å². The second-order valence-corrected chi connectivity index (χ2v) is 33.9. The fraction of sp³-hybridized carbons (Fsp3) is 0.348. The van der Waals surface area contributed by atoms with Gasteiger partial charge >= 0.3 is 36.2 Å². The van der Waals surface area contributed by atoms with Crippen LogP contribution in [0.1, 0.15) is 54.2 Å². The van der Waals surface area contributed by atoms with Crippen molar-refractivity contribution in [1.82, 2.24) is 21.3 Å².